The average Bonchev–Trinajstić information content (AvgIpc) is 3.27. The Kier molecular flexibility index (Phi) is 12.6. The van der Waals surface area contributed by atoms with E-state index in [4.69, 9.17) is 0 Å². The number of carbonyl (C=O) groups is 4. The Labute approximate surface area is 290 Å². The van der Waals surface area contributed by atoms with Gasteiger partial charge in [-0.05, 0) is 71.0 Å². The summed E-state index contributed by atoms with van der Waals surface area (Å²) in [6.07, 6.45) is 1.86. The highest BCUT2D eigenvalue weighted by Crippen LogP contribution is 2.21. The third-order valence-corrected chi connectivity index (χ3v) is 9.00. The minimum absolute atomic E-state index is 0.0869. The lowest BCUT2D eigenvalue weighted by atomic mass is 9.99. The van der Waals surface area contributed by atoms with Crippen molar-refractivity contribution in [3.8, 4) is 0 Å². The number of hydrogen-bond donors (Lipinski definition) is 4. The maximum atomic E-state index is 14.2. The number of halogens is 2. The highest BCUT2D eigenvalue weighted by molar-refractivity contribution is 5.90. The molecule has 50 heavy (non-hydrogen) atoms. The summed E-state index contributed by atoms with van der Waals surface area (Å²) in [4.78, 5) is 54.5. The van der Waals surface area contributed by atoms with E-state index in [1.54, 1.807) is 36.2 Å². The molecule has 1 saturated heterocycles. The minimum atomic E-state index is -0.764. The molecule has 5 rings (SSSR count). The van der Waals surface area contributed by atoms with Crippen molar-refractivity contribution in [2.24, 2.45) is 0 Å². The predicted molar refractivity (Wildman–Crippen MR) is 188 cm³/mol. The Morgan fingerprint density at radius 2 is 1.42 bits per heavy atom. The zero-order valence-electron chi connectivity index (χ0n) is 28.1. The van der Waals surface area contributed by atoms with Crippen molar-refractivity contribution in [2.45, 2.75) is 56.7 Å². The molecule has 3 atom stereocenters. The molecule has 11 heteroatoms. The van der Waals surface area contributed by atoms with Crippen LogP contribution in [0, 0.1) is 11.6 Å². The highest BCUT2D eigenvalue weighted by atomic mass is 19.1. The van der Waals surface area contributed by atoms with E-state index in [9.17, 15) is 28.0 Å². The van der Waals surface area contributed by atoms with E-state index >= 15 is 0 Å². The number of benzene rings is 4. The zero-order valence-corrected chi connectivity index (χ0v) is 28.1. The van der Waals surface area contributed by atoms with Crippen LogP contribution in [-0.2, 0) is 38.4 Å². The molecule has 0 aromatic heterocycles. The molecular formula is C39H43F2N5O4. The van der Waals surface area contributed by atoms with Crippen LogP contribution in [0.2, 0.25) is 0 Å². The summed E-state index contributed by atoms with van der Waals surface area (Å²) in [5.74, 6) is -1.69. The second-order valence-electron chi connectivity index (χ2n) is 12.7. The molecule has 262 valence electrons. The van der Waals surface area contributed by atoms with Crippen molar-refractivity contribution in [1.29, 1.82) is 0 Å². The summed E-state index contributed by atoms with van der Waals surface area (Å²) < 4.78 is 26.6. The van der Waals surface area contributed by atoms with Gasteiger partial charge in [-0.15, -0.1) is 0 Å². The molecule has 0 radical (unpaired) electrons. The molecule has 0 bridgehead atoms. The van der Waals surface area contributed by atoms with Gasteiger partial charge in [-0.25, -0.2) is 8.78 Å². The third-order valence-electron chi connectivity index (χ3n) is 9.00. The number of nitrogens with zero attached hydrogens (tertiary/aromatic N) is 1. The number of rotatable bonds is 14. The molecule has 1 aliphatic heterocycles. The van der Waals surface area contributed by atoms with Gasteiger partial charge in [-0.3, -0.25) is 19.2 Å². The van der Waals surface area contributed by atoms with Crippen LogP contribution in [0.15, 0.2) is 91.0 Å². The van der Waals surface area contributed by atoms with Gasteiger partial charge in [0.15, 0.2) is 0 Å². The lowest BCUT2D eigenvalue weighted by Gasteiger charge is -2.31. The van der Waals surface area contributed by atoms with Gasteiger partial charge in [0, 0.05) is 39.1 Å². The van der Waals surface area contributed by atoms with Crippen LogP contribution in [0.4, 0.5) is 8.78 Å². The van der Waals surface area contributed by atoms with E-state index in [1.165, 1.54) is 24.3 Å². The maximum absolute atomic E-state index is 14.2. The SMILES string of the molecule is CNC(=O)[C@H](Cc1ccc2ccccc2c1)N1CC[C@@H](CNC(=O)Cc2ccc(F)cc2)N[C@H](CCCNC(=O)Cc2ccc(F)cc2)C1=O. The Morgan fingerprint density at radius 3 is 2.06 bits per heavy atom. The van der Waals surface area contributed by atoms with Crippen LogP contribution in [-0.4, -0.2) is 73.3 Å². The molecule has 4 amide bonds. The van der Waals surface area contributed by atoms with Gasteiger partial charge in [-0.1, -0.05) is 66.7 Å². The van der Waals surface area contributed by atoms with Gasteiger partial charge in [0.05, 0.1) is 18.9 Å². The number of likely N-dealkylation sites (N-methyl/N-ethyl adjacent to an activating group) is 1. The summed E-state index contributed by atoms with van der Waals surface area (Å²) in [5.41, 5.74) is 2.30. The van der Waals surface area contributed by atoms with Crippen molar-refractivity contribution in [1.82, 2.24) is 26.2 Å². The fourth-order valence-electron chi connectivity index (χ4n) is 6.29. The number of carbonyl (C=O) groups excluding carboxylic acids is 4. The molecule has 1 fully saturated rings. The van der Waals surface area contributed by atoms with Crippen LogP contribution in [0.1, 0.15) is 36.0 Å². The fraction of sp³-hybridized carbons (Fsp3) is 0.333. The second-order valence-corrected chi connectivity index (χ2v) is 12.7. The van der Waals surface area contributed by atoms with E-state index in [1.807, 2.05) is 42.5 Å². The van der Waals surface area contributed by atoms with Gasteiger partial charge >= 0.3 is 0 Å². The van der Waals surface area contributed by atoms with Crippen molar-refractivity contribution in [2.75, 3.05) is 26.7 Å². The van der Waals surface area contributed by atoms with Gasteiger partial charge in [0.2, 0.25) is 23.6 Å². The molecule has 0 saturated carbocycles. The number of fused-ring (bicyclic) bond motifs is 1. The van der Waals surface area contributed by atoms with Crippen LogP contribution in [0.3, 0.4) is 0 Å². The highest BCUT2D eigenvalue weighted by Gasteiger charge is 2.37. The molecule has 9 nitrogen and oxygen atoms in total. The first kappa shape index (κ1) is 36.1. The smallest absolute Gasteiger partial charge is 0.242 e. The third kappa shape index (κ3) is 10.2. The van der Waals surface area contributed by atoms with Crippen molar-refractivity contribution < 1.29 is 28.0 Å². The lowest BCUT2D eigenvalue weighted by Crippen LogP contribution is -2.54. The van der Waals surface area contributed by atoms with Crippen LogP contribution in [0.25, 0.3) is 10.8 Å². The standard InChI is InChI=1S/C39H43F2N5O4/c1-42-38(49)35(22-28-8-13-29-5-2-3-6-30(29)21-28)46-20-18-33(25-44-37(48)24-27-11-16-32(41)17-12-27)45-34(39(46)50)7-4-19-43-36(47)23-26-9-14-31(40)15-10-26/h2-3,5-6,8-17,21,33-35,45H,4,7,18-20,22-25H2,1H3,(H,42,49)(H,43,47)(H,44,48)/t33-,34+,35-/m0/s1. The largest absolute Gasteiger partial charge is 0.357 e. The van der Waals surface area contributed by atoms with Gasteiger partial charge < -0.3 is 26.2 Å². The predicted octanol–water partition coefficient (Wildman–Crippen LogP) is 3.83. The van der Waals surface area contributed by atoms with Crippen LogP contribution < -0.4 is 21.3 Å². The Bertz CT molecular complexity index is 1780. The Balaban J connectivity index is 1.27. The molecule has 4 N–H and O–H groups in total. The zero-order chi connectivity index (χ0) is 35.5. The van der Waals surface area contributed by atoms with E-state index in [0.717, 1.165) is 16.3 Å². The summed E-state index contributed by atoms with van der Waals surface area (Å²) in [5, 5.41) is 14.1. The first-order valence-electron chi connectivity index (χ1n) is 17.0. The first-order valence-corrected chi connectivity index (χ1v) is 17.0. The van der Waals surface area contributed by atoms with Gasteiger partial charge in [-0.2, -0.15) is 0 Å². The molecule has 0 spiro atoms. The number of amides is 4. The topological polar surface area (TPSA) is 120 Å². The molecule has 1 aliphatic rings. The van der Waals surface area contributed by atoms with Crippen LogP contribution in [0.5, 0.6) is 0 Å². The van der Waals surface area contributed by atoms with Gasteiger partial charge in [0.1, 0.15) is 17.7 Å². The quantitative estimate of drug-likeness (QED) is 0.151. The van der Waals surface area contributed by atoms with E-state index in [2.05, 4.69) is 21.3 Å². The van der Waals surface area contributed by atoms with Crippen molar-refractivity contribution in [3.63, 3.8) is 0 Å². The van der Waals surface area contributed by atoms with Crippen molar-refractivity contribution in [3.05, 3.63) is 119 Å². The van der Waals surface area contributed by atoms with Gasteiger partial charge in [0.25, 0.3) is 0 Å². The van der Waals surface area contributed by atoms with Crippen LogP contribution >= 0.6 is 0 Å². The first-order chi connectivity index (χ1) is 24.2. The fourth-order valence-corrected chi connectivity index (χ4v) is 6.29. The maximum Gasteiger partial charge on any atom is 0.242 e. The van der Waals surface area contributed by atoms with E-state index in [-0.39, 0.29) is 60.7 Å². The summed E-state index contributed by atoms with van der Waals surface area (Å²) in [6.45, 7) is 0.864. The number of hydrogen-bond acceptors (Lipinski definition) is 5. The monoisotopic (exact) mass is 683 g/mol. The minimum Gasteiger partial charge on any atom is -0.357 e. The molecule has 1 heterocycles. The average molecular weight is 684 g/mol. The van der Waals surface area contributed by atoms with E-state index in [0.29, 0.717) is 49.9 Å². The molecule has 4 aromatic rings. The molecular weight excluding hydrogens is 640 g/mol. The summed E-state index contributed by atoms with van der Waals surface area (Å²) in [6, 6.07) is 23.8. The molecule has 0 aliphatic carbocycles. The van der Waals surface area contributed by atoms with Crippen molar-refractivity contribution >= 4 is 34.4 Å². The summed E-state index contributed by atoms with van der Waals surface area (Å²) >= 11 is 0. The second kappa shape index (κ2) is 17.5. The normalized spacial score (nSPS) is 16.8. The number of nitrogens with one attached hydrogen (secondary N) is 4. The van der Waals surface area contributed by atoms with E-state index < -0.39 is 12.1 Å². The molecule has 0 unspecified atom stereocenters. The Morgan fingerprint density at radius 1 is 0.820 bits per heavy atom. The summed E-state index contributed by atoms with van der Waals surface area (Å²) in [7, 11) is 1.56. The molecule has 4 aromatic carbocycles. The Hall–Kier alpha value is -5.16. The lowest BCUT2D eigenvalue weighted by molar-refractivity contribution is -0.141.